The highest BCUT2D eigenvalue weighted by molar-refractivity contribution is 6.08. The molecule has 0 aliphatic heterocycles. The molecule has 2 aromatic heterocycles. The standard InChI is InChI=1S/C20H27N3O3.C4H5NO.2C2H6/c1-8-12(4)14(6)15(10-21)9-13(5)18(24)17-16(11(2)3)19(25)22-20(26)23(17)7;1-4-2-3-5-6-4;2*1-2/h8-9,11,14-15H,1-7H3,(H,22,25,26);2-3H,1H3;2*1-2H3/b12-8-,13-9+;;;. The van der Waals surface area contributed by atoms with E-state index in [2.05, 4.69) is 20.7 Å². The van der Waals surface area contributed by atoms with Crippen molar-refractivity contribution in [3.8, 4) is 6.07 Å². The number of H-pyrrole nitrogens is 1. The van der Waals surface area contributed by atoms with Gasteiger partial charge in [-0.05, 0) is 45.1 Å². The van der Waals surface area contributed by atoms with Gasteiger partial charge in [-0.1, -0.05) is 71.3 Å². The zero-order valence-electron chi connectivity index (χ0n) is 24.0. The third-order valence-electron chi connectivity index (χ3n) is 5.37. The van der Waals surface area contributed by atoms with Crippen molar-refractivity contribution in [3.05, 3.63) is 73.4 Å². The smallest absolute Gasteiger partial charge is 0.328 e. The molecule has 2 heterocycles. The lowest BCUT2D eigenvalue weighted by atomic mass is 9.86. The number of rotatable bonds is 6. The first kappa shape index (κ1) is 34.7. The van der Waals surface area contributed by atoms with Crippen molar-refractivity contribution in [1.29, 1.82) is 5.26 Å². The summed E-state index contributed by atoms with van der Waals surface area (Å²) in [6.07, 6.45) is 5.18. The predicted molar refractivity (Wildman–Crippen MR) is 146 cm³/mol. The van der Waals surface area contributed by atoms with Crippen LogP contribution in [-0.4, -0.2) is 20.5 Å². The maximum atomic E-state index is 13.0. The molecule has 2 aromatic rings. The van der Waals surface area contributed by atoms with E-state index in [-0.39, 0.29) is 23.1 Å². The van der Waals surface area contributed by atoms with Crippen LogP contribution in [0.5, 0.6) is 0 Å². The number of allylic oxidation sites excluding steroid dienone is 4. The minimum Gasteiger partial charge on any atom is -0.362 e. The zero-order chi connectivity index (χ0) is 28.6. The molecule has 2 unspecified atom stereocenters. The second-order valence-corrected chi connectivity index (χ2v) is 8.01. The Morgan fingerprint density at radius 1 is 1.17 bits per heavy atom. The Morgan fingerprint density at radius 3 is 2.08 bits per heavy atom. The molecular formula is C28H44N4O4. The highest BCUT2D eigenvalue weighted by Crippen LogP contribution is 2.24. The Bertz CT molecular complexity index is 1140. The van der Waals surface area contributed by atoms with Crippen molar-refractivity contribution in [2.75, 3.05) is 0 Å². The predicted octanol–water partition coefficient (Wildman–Crippen LogP) is 6.10. The number of aromatic nitrogens is 3. The monoisotopic (exact) mass is 500 g/mol. The average molecular weight is 501 g/mol. The van der Waals surface area contributed by atoms with Crippen LogP contribution in [0, 0.1) is 30.1 Å². The summed E-state index contributed by atoms with van der Waals surface area (Å²) in [7, 11) is 1.46. The lowest BCUT2D eigenvalue weighted by molar-refractivity contribution is 0.102. The van der Waals surface area contributed by atoms with E-state index >= 15 is 0 Å². The quantitative estimate of drug-likeness (QED) is 0.290. The molecular weight excluding hydrogens is 456 g/mol. The second kappa shape index (κ2) is 17.9. The number of hydrogen-bond acceptors (Lipinski definition) is 6. The van der Waals surface area contributed by atoms with Gasteiger partial charge in [0, 0.05) is 18.7 Å². The van der Waals surface area contributed by atoms with E-state index in [0.29, 0.717) is 5.57 Å². The van der Waals surface area contributed by atoms with Gasteiger partial charge in [-0.25, -0.2) is 4.79 Å². The van der Waals surface area contributed by atoms with Crippen LogP contribution >= 0.6 is 0 Å². The molecule has 1 N–H and O–H groups in total. The van der Waals surface area contributed by atoms with Crippen LogP contribution < -0.4 is 11.2 Å². The Hall–Kier alpha value is -3.47. The summed E-state index contributed by atoms with van der Waals surface area (Å²) in [5, 5.41) is 12.9. The van der Waals surface area contributed by atoms with Gasteiger partial charge < -0.3 is 4.52 Å². The molecule has 0 spiro atoms. The van der Waals surface area contributed by atoms with Gasteiger partial charge in [0.15, 0.2) is 0 Å². The topological polar surface area (TPSA) is 122 Å². The highest BCUT2D eigenvalue weighted by Gasteiger charge is 2.24. The summed E-state index contributed by atoms with van der Waals surface area (Å²) in [4.78, 5) is 39.4. The molecule has 36 heavy (non-hydrogen) atoms. The lowest BCUT2D eigenvalue weighted by Gasteiger charge is -2.17. The SMILES string of the molecule is C/C=C(/C)C(C)C(C#N)/C=C(\C)C(=O)c1c(C(C)C)c(=O)[nH]c(=O)n1C.CC.CC.Cc1ccno1. The van der Waals surface area contributed by atoms with Crippen molar-refractivity contribution in [1.82, 2.24) is 14.7 Å². The summed E-state index contributed by atoms with van der Waals surface area (Å²) < 4.78 is 5.75. The third-order valence-corrected chi connectivity index (χ3v) is 5.37. The fraction of sp³-hybridized carbons (Fsp3) is 0.536. The third kappa shape index (κ3) is 10.0. The summed E-state index contributed by atoms with van der Waals surface area (Å²) in [5.41, 5.74) is 0.569. The molecule has 0 amide bonds. The van der Waals surface area contributed by atoms with Gasteiger partial charge in [-0.15, -0.1) is 0 Å². The van der Waals surface area contributed by atoms with Gasteiger partial charge in [-0.2, -0.15) is 5.26 Å². The van der Waals surface area contributed by atoms with E-state index < -0.39 is 23.0 Å². The fourth-order valence-corrected chi connectivity index (χ4v) is 3.10. The first-order valence-electron chi connectivity index (χ1n) is 12.4. The number of nitriles is 1. The Morgan fingerprint density at radius 2 is 1.72 bits per heavy atom. The summed E-state index contributed by atoms with van der Waals surface area (Å²) in [6, 6.07) is 4.03. The highest BCUT2D eigenvalue weighted by atomic mass is 16.5. The van der Waals surface area contributed by atoms with Crippen LogP contribution in [-0.2, 0) is 7.05 Å². The fourth-order valence-electron chi connectivity index (χ4n) is 3.10. The van der Waals surface area contributed by atoms with E-state index in [0.717, 1.165) is 11.3 Å². The van der Waals surface area contributed by atoms with Crippen molar-refractivity contribution in [2.24, 2.45) is 18.9 Å². The molecule has 200 valence electrons. The van der Waals surface area contributed by atoms with Gasteiger partial charge in [0.1, 0.15) is 11.5 Å². The van der Waals surface area contributed by atoms with Crippen molar-refractivity contribution in [2.45, 2.75) is 82.1 Å². The first-order chi connectivity index (χ1) is 17.0. The van der Waals surface area contributed by atoms with Gasteiger partial charge in [0.2, 0.25) is 5.78 Å². The molecule has 0 bridgehead atoms. The van der Waals surface area contributed by atoms with E-state index in [1.165, 1.54) is 11.6 Å². The van der Waals surface area contributed by atoms with Crippen LogP contribution in [0.2, 0.25) is 0 Å². The van der Waals surface area contributed by atoms with Gasteiger partial charge in [0.05, 0.1) is 18.2 Å². The summed E-state index contributed by atoms with van der Waals surface area (Å²) in [5.74, 6) is -0.301. The van der Waals surface area contributed by atoms with Crippen LogP contribution in [0.25, 0.3) is 0 Å². The van der Waals surface area contributed by atoms with Crippen LogP contribution in [0.15, 0.2) is 49.7 Å². The molecule has 0 saturated heterocycles. The molecule has 2 rings (SSSR count). The van der Waals surface area contributed by atoms with Gasteiger partial charge >= 0.3 is 5.69 Å². The largest absolute Gasteiger partial charge is 0.362 e. The summed E-state index contributed by atoms with van der Waals surface area (Å²) in [6.45, 7) is 20.8. The van der Waals surface area contributed by atoms with Crippen LogP contribution in [0.4, 0.5) is 0 Å². The number of nitrogens with one attached hydrogen (secondary N) is 1. The number of aromatic amines is 1. The molecule has 8 nitrogen and oxygen atoms in total. The maximum Gasteiger partial charge on any atom is 0.328 e. The second-order valence-electron chi connectivity index (χ2n) is 8.01. The molecule has 0 fully saturated rings. The lowest BCUT2D eigenvalue weighted by Crippen LogP contribution is -2.36. The van der Waals surface area contributed by atoms with E-state index in [1.54, 1.807) is 39.1 Å². The molecule has 0 saturated carbocycles. The number of carbonyl (C=O) groups excluding carboxylic acids is 1. The molecule has 0 radical (unpaired) electrons. The van der Waals surface area contributed by atoms with Gasteiger partial charge in [-0.3, -0.25) is 19.1 Å². The van der Waals surface area contributed by atoms with Crippen molar-refractivity contribution < 1.29 is 9.32 Å². The minimum absolute atomic E-state index is 0.0414. The van der Waals surface area contributed by atoms with Crippen molar-refractivity contribution >= 4 is 5.78 Å². The van der Waals surface area contributed by atoms with E-state index in [9.17, 15) is 19.6 Å². The first-order valence-corrected chi connectivity index (χ1v) is 12.4. The van der Waals surface area contributed by atoms with E-state index in [1.807, 2.05) is 61.5 Å². The number of ketones is 1. The van der Waals surface area contributed by atoms with Crippen molar-refractivity contribution in [3.63, 3.8) is 0 Å². The number of aryl methyl sites for hydroxylation is 1. The van der Waals surface area contributed by atoms with E-state index in [4.69, 9.17) is 0 Å². The molecule has 0 aromatic carbocycles. The molecule has 2 atom stereocenters. The normalized spacial score (nSPS) is 12.6. The molecule has 8 heteroatoms. The maximum absolute atomic E-state index is 13.0. The molecule has 0 aliphatic carbocycles. The Balaban J connectivity index is 0. The number of Topliss-reactive ketones (excluding diaryl/α,β-unsaturated/α-hetero) is 1. The van der Waals surface area contributed by atoms with Crippen LogP contribution in [0.3, 0.4) is 0 Å². The number of nitrogens with zero attached hydrogens (tertiary/aromatic N) is 3. The average Bonchev–Trinajstić information content (AvgIpc) is 3.36. The zero-order valence-corrected chi connectivity index (χ0v) is 24.0. The Kier molecular flexibility index (Phi) is 17.2. The van der Waals surface area contributed by atoms with Gasteiger partial charge in [0.25, 0.3) is 5.56 Å². The van der Waals surface area contributed by atoms with Crippen LogP contribution in [0.1, 0.15) is 97.0 Å². The summed E-state index contributed by atoms with van der Waals surface area (Å²) >= 11 is 0. The number of hydrogen-bond donors (Lipinski definition) is 1. The molecule has 0 aliphatic rings. The minimum atomic E-state index is -0.634. The number of carbonyl (C=O) groups is 1. The Labute approximate surface area is 215 Å².